The van der Waals surface area contributed by atoms with Crippen LogP contribution in [-0.4, -0.2) is 72.2 Å². The lowest BCUT2D eigenvalue weighted by molar-refractivity contribution is -0.385. The first-order valence-corrected chi connectivity index (χ1v) is 14.1. The molecule has 0 spiro atoms. The van der Waals surface area contributed by atoms with Crippen molar-refractivity contribution in [1.82, 2.24) is 19.9 Å². The van der Waals surface area contributed by atoms with Crippen LogP contribution in [0.4, 0.5) is 11.4 Å². The molecule has 1 aromatic heterocycles. The number of esters is 2. The van der Waals surface area contributed by atoms with Gasteiger partial charge in [0.05, 0.1) is 29.0 Å². The Labute approximate surface area is 242 Å². The summed E-state index contributed by atoms with van der Waals surface area (Å²) in [7, 11) is -4.20. The number of ether oxygens (including phenoxy) is 2. The lowest BCUT2D eigenvalue weighted by Gasteiger charge is -2.36. The van der Waals surface area contributed by atoms with Crippen molar-refractivity contribution in [3.05, 3.63) is 91.8 Å². The smallest absolute Gasteiger partial charge is 0.358 e. The summed E-state index contributed by atoms with van der Waals surface area (Å²) in [5.41, 5.74) is 0.280. The van der Waals surface area contributed by atoms with E-state index in [-0.39, 0.29) is 36.7 Å². The third-order valence-electron chi connectivity index (χ3n) is 7.37. The van der Waals surface area contributed by atoms with E-state index < -0.39 is 60.2 Å². The first-order valence-electron chi connectivity index (χ1n) is 12.6. The Kier molecular flexibility index (Phi) is 7.38. The molecule has 2 aliphatic heterocycles. The van der Waals surface area contributed by atoms with Gasteiger partial charge in [-0.05, 0) is 42.3 Å². The molecular weight excluding hydrogens is 592 g/mol. The second kappa shape index (κ2) is 10.9. The maximum absolute atomic E-state index is 13.6. The van der Waals surface area contributed by atoms with E-state index >= 15 is 0 Å². The largest absolute Gasteiger partial charge is 0.459 e. The molecule has 2 saturated heterocycles. The fraction of sp³-hybridized carbons (Fsp3) is 0.320. The molecule has 0 saturated carbocycles. The number of sulfone groups is 1. The molecule has 2 aromatic carbocycles. The van der Waals surface area contributed by atoms with E-state index in [1.165, 1.54) is 55.5 Å². The Morgan fingerprint density at radius 1 is 0.977 bits per heavy atom. The van der Waals surface area contributed by atoms with E-state index in [4.69, 9.17) is 9.47 Å². The summed E-state index contributed by atoms with van der Waals surface area (Å²) in [6, 6.07) is 8.89. The summed E-state index contributed by atoms with van der Waals surface area (Å²) in [5.74, 6) is -2.53. The number of non-ortho nitro benzene ring substituents is 2. The van der Waals surface area contributed by atoms with Crippen LogP contribution in [0.25, 0.3) is 0 Å². The lowest BCUT2D eigenvalue weighted by Crippen LogP contribution is -2.58. The van der Waals surface area contributed by atoms with Crippen molar-refractivity contribution in [1.29, 1.82) is 0 Å². The van der Waals surface area contributed by atoms with Crippen LogP contribution in [0.15, 0.2) is 54.7 Å². The third kappa shape index (κ3) is 5.16. The number of benzene rings is 2. The summed E-state index contributed by atoms with van der Waals surface area (Å²) < 4.78 is 36.8. The zero-order chi connectivity index (χ0) is 31.1. The number of nitro benzene ring substituents is 2. The SMILES string of the molecule is C[C@]1(Cn2nncc2C(=O)OCc2ccc([N+](=O)[O-])cc2)[C@H](C(=O)OCc2ccc([N+](=O)[O-])cc2)N2C(=O)C[C@H]2S1(=O)=O. The number of hydrogen-bond donors (Lipinski definition) is 0. The van der Waals surface area contributed by atoms with Crippen LogP contribution < -0.4 is 0 Å². The minimum absolute atomic E-state index is 0.146. The van der Waals surface area contributed by atoms with Crippen LogP contribution in [0.3, 0.4) is 0 Å². The molecule has 5 rings (SSSR count). The highest BCUT2D eigenvalue weighted by atomic mass is 32.2. The fourth-order valence-electron chi connectivity index (χ4n) is 4.98. The third-order valence-corrected chi connectivity index (χ3v) is 10.1. The molecule has 0 radical (unpaired) electrons. The molecule has 0 bridgehead atoms. The number of hydrogen-bond acceptors (Lipinski definition) is 13. The van der Waals surface area contributed by atoms with Gasteiger partial charge in [0, 0.05) is 24.3 Å². The van der Waals surface area contributed by atoms with E-state index in [9.17, 15) is 43.0 Å². The van der Waals surface area contributed by atoms with Gasteiger partial charge in [0.1, 0.15) is 23.3 Å². The van der Waals surface area contributed by atoms with Crippen LogP contribution in [0.1, 0.15) is 35.0 Å². The molecule has 0 N–H and O–H groups in total. The topological polar surface area (TPSA) is 224 Å². The number of carbonyl (C=O) groups excluding carboxylic acids is 3. The maximum atomic E-state index is 13.6. The van der Waals surface area contributed by atoms with Crippen molar-refractivity contribution in [2.45, 2.75) is 49.3 Å². The molecule has 3 aromatic rings. The van der Waals surface area contributed by atoms with Crippen molar-refractivity contribution in [2.75, 3.05) is 0 Å². The lowest BCUT2D eigenvalue weighted by atomic mass is 9.96. The van der Waals surface area contributed by atoms with Gasteiger partial charge in [-0.2, -0.15) is 0 Å². The molecule has 224 valence electrons. The van der Waals surface area contributed by atoms with Crippen LogP contribution in [-0.2, 0) is 48.7 Å². The zero-order valence-electron chi connectivity index (χ0n) is 22.3. The van der Waals surface area contributed by atoms with Crippen LogP contribution in [0.2, 0.25) is 0 Å². The average Bonchev–Trinajstić information content (AvgIpc) is 3.48. The summed E-state index contributed by atoms with van der Waals surface area (Å²) in [4.78, 5) is 60.2. The highest BCUT2D eigenvalue weighted by Gasteiger charge is 2.70. The van der Waals surface area contributed by atoms with Gasteiger partial charge in [-0.25, -0.2) is 22.7 Å². The molecular formula is C25H22N6O11S. The normalized spacial score (nSPS) is 21.9. The Morgan fingerprint density at radius 2 is 1.51 bits per heavy atom. The van der Waals surface area contributed by atoms with Crippen molar-refractivity contribution in [3.63, 3.8) is 0 Å². The molecule has 18 heteroatoms. The quantitative estimate of drug-likeness (QED) is 0.136. The van der Waals surface area contributed by atoms with Crippen LogP contribution in [0.5, 0.6) is 0 Å². The minimum Gasteiger partial charge on any atom is -0.459 e. The van der Waals surface area contributed by atoms with Crippen LogP contribution in [0, 0.1) is 20.2 Å². The predicted octanol–water partition coefficient (Wildman–Crippen LogP) is 1.31. The van der Waals surface area contributed by atoms with Gasteiger partial charge in [-0.1, -0.05) is 5.21 Å². The van der Waals surface area contributed by atoms with Gasteiger partial charge in [-0.3, -0.25) is 25.0 Å². The Hall–Kier alpha value is -5.26. The highest BCUT2D eigenvalue weighted by molar-refractivity contribution is 7.93. The van der Waals surface area contributed by atoms with Gasteiger partial charge >= 0.3 is 11.9 Å². The second-order valence-corrected chi connectivity index (χ2v) is 12.6. The Balaban J connectivity index is 1.34. The zero-order valence-corrected chi connectivity index (χ0v) is 23.1. The number of β-lactam (4-membered cyclic amide) rings is 1. The minimum atomic E-state index is -4.20. The number of fused-ring (bicyclic) bond motifs is 1. The van der Waals surface area contributed by atoms with E-state index in [0.717, 1.165) is 15.8 Å². The number of nitrogens with zero attached hydrogens (tertiary/aromatic N) is 6. The van der Waals surface area contributed by atoms with Gasteiger partial charge in [-0.15, -0.1) is 5.10 Å². The van der Waals surface area contributed by atoms with Gasteiger partial charge in [0.25, 0.3) is 11.4 Å². The van der Waals surface area contributed by atoms with Crippen molar-refractivity contribution >= 4 is 39.1 Å². The fourth-order valence-corrected chi connectivity index (χ4v) is 7.33. The molecule has 2 fully saturated rings. The predicted molar refractivity (Wildman–Crippen MR) is 141 cm³/mol. The summed E-state index contributed by atoms with van der Waals surface area (Å²) >= 11 is 0. The number of nitro groups is 2. The van der Waals surface area contributed by atoms with Crippen LogP contribution >= 0.6 is 0 Å². The summed E-state index contributed by atoms with van der Waals surface area (Å²) in [6.45, 7) is 0.0769. The molecule has 3 atom stereocenters. The summed E-state index contributed by atoms with van der Waals surface area (Å²) in [6.07, 6.45) is 0.719. The van der Waals surface area contributed by atoms with Crippen molar-refractivity contribution < 1.29 is 42.1 Å². The summed E-state index contributed by atoms with van der Waals surface area (Å²) in [5, 5.41) is 27.9. The highest BCUT2D eigenvalue weighted by Crippen LogP contribution is 2.47. The van der Waals surface area contributed by atoms with E-state index in [2.05, 4.69) is 10.3 Å². The Bertz CT molecular complexity index is 1740. The molecule has 0 unspecified atom stereocenters. The van der Waals surface area contributed by atoms with Gasteiger partial charge in [0.15, 0.2) is 21.6 Å². The average molecular weight is 615 g/mol. The molecule has 1 amide bonds. The maximum Gasteiger partial charge on any atom is 0.358 e. The molecule has 3 heterocycles. The second-order valence-electron chi connectivity index (χ2n) is 10.0. The number of aromatic nitrogens is 3. The first-order chi connectivity index (χ1) is 20.3. The molecule has 2 aliphatic rings. The van der Waals surface area contributed by atoms with Gasteiger partial charge in [0.2, 0.25) is 5.91 Å². The van der Waals surface area contributed by atoms with E-state index in [0.29, 0.717) is 11.1 Å². The van der Waals surface area contributed by atoms with E-state index in [1.54, 1.807) is 0 Å². The molecule has 43 heavy (non-hydrogen) atoms. The number of amides is 1. The Morgan fingerprint density at radius 3 is 2.02 bits per heavy atom. The standard InChI is InChI=1S/C25H22N6O11S/c1-25(14-28-19(11-26-27-28)23(33)41-12-15-2-6-17(7-3-15)30(35)36)22(29-20(32)10-21(29)43(25,39)40)24(34)42-13-16-4-8-18(9-5-16)31(37)38/h2-9,11,21-22H,10,12-14H2,1H3/t21-,22+,25+/m1/s1. The van der Waals surface area contributed by atoms with E-state index in [1.807, 2.05) is 0 Å². The monoisotopic (exact) mass is 614 g/mol. The molecule has 17 nitrogen and oxygen atoms in total. The van der Waals surface area contributed by atoms with Gasteiger partial charge < -0.3 is 14.4 Å². The first kappa shape index (κ1) is 29.2. The van der Waals surface area contributed by atoms with Crippen molar-refractivity contribution in [3.8, 4) is 0 Å². The van der Waals surface area contributed by atoms with Crippen molar-refractivity contribution in [2.24, 2.45) is 0 Å². The number of carbonyl (C=O) groups is 3. The number of rotatable bonds is 10. The molecule has 0 aliphatic carbocycles.